The molecule has 1 N–H and O–H groups in total. The Morgan fingerprint density at radius 3 is 2.08 bits per heavy atom. The van der Waals surface area contributed by atoms with Crippen molar-refractivity contribution in [1.82, 2.24) is 0 Å². The molecule has 0 heterocycles. The molecule has 4 heteroatoms. The van der Waals surface area contributed by atoms with E-state index in [1.54, 1.807) is 0 Å². The Kier molecular flexibility index (Phi) is 5.09. The Labute approximate surface area is 143 Å². The highest BCUT2D eigenvalue weighted by Crippen LogP contribution is 2.46. The molecule has 130 valence electrons. The first-order valence-electron chi connectivity index (χ1n) is 8.42. The zero-order valence-electron chi connectivity index (χ0n) is 15.0. The van der Waals surface area contributed by atoms with Crippen molar-refractivity contribution in [2.24, 2.45) is 11.8 Å². The second kappa shape index (κ2) is 6.60. The molecule has 24 heavy (non-hydrogen) atoms. The van der Waals surface area contributed by atoms with Gasteiger partial charge in [-0.1, -0.05) is 38.1 Å². The molecule has 4 atom stereocenters. The predicted molar refractivity (Wildman–Crippen MR) is 91.9 cm³/mol. The normalized spacial score (nSPS) is 30.5. The molecule has 2 rings (SSSR count). The van der Waals surface area contributed by atoms with Crippen molar-refractivity contribution < 1.29 is 19.5 Å². The van der Waals surface area contributed by atoms with Gasteiger partial charge in [0.15, 0.2) is 0 Å². The molecule has 0 aliphatic heterocycles. The number of rotatable bonds is 4. The van der Waals surface area contributed by atoms with Crippen LogP contribution in [0.25, 0.3) is 0 Å². The van der Waals surface area contributed by atoms with Gasteiger partial charge in [0.1, 0.15) is 17.3 Å². The summed E-state index contributed by atoms with van der Waals surface area (Å²) in [5.74, 6) is -2.63. The van der Waals surface area contributed by atoms with Crippen LogP contribution in [-0.4, -0.2) is 28.1 Å². The van der Waals surface area contributed by atoms with E-state index in [2.05, 4.69) is 13.8 Å². The first-order chi connectivity index (χ1) is 11.1. The summed E-state index contributed by atoms with van der Waals surface area (Å²) in [6, 6.07) is 7.67. The van der Waals surface area contributed by atoms with E-state index in [0.29, 0.717) is 5.92 Å². The van der Waals surface area contributed by atoms with Crippen LogP contribution in [0.5, 0.6) is 0 Å². The van der Waals surface area contributed by atoms with Gasteiger partial charge in [0.05, 0.1) is 17.4 Å². The Morgan fingerprint density at radius 2 is 1.67 bits per heavy atom. The van der Waals surface area contributed by atoms with Crippen molar-refractivity contribution in [2.45, 2.75) is 58.5 Å². The number of Topliss-reactive ketones (excluding diaryl/α,β-unsaturated/α-hetero) is 3. The monoisotopic (exact) mass is 330 g/mol. The summed E-state index contributed by atoms with van der Waals surface area (Å²) in [5.41, 5.74) is 0.468. The number of carbonyl (C=O) groups excluding carboxylic acids is 3. The molecular formula is C20H26O4. The van der Waals surface area contributed by atoms with Crippen molar-refractivity contribution in [3.05, 3.63) is 35.4 Å². The van der Waals surface area contributed by atoms with E-state index in [-0.39, 0.29) is 23.8 Å². The van der Waals surface area contributed by atoms with Crippen molar-refractivity contribution in [2.75, 3.05) is 0 Å². The van der Waals surface area contributed by atoms with Gasteiger partial charge in [-0.2, -0.15) is 0 Å². The van der Waals surface area contributed by atoms with Gasteiger partial charge in [-0.3, -0.25) is 14.4 Å². The van der Waals surface area contributed by atoms with Gasteiger partial charge in [-0.25, -0.2) is 0 Å². The maximum atomic E-state index is 12.5. The zero-order chi connectivity index (χ0) is 18.2. The van der Waals surface area contributed by atoms with Crippen LogP contribution < -0.4 is 0 Å². The quantitative estimate of drug-likeness (QED) is 0.861. The second-order valence-corrected chi connectivity index (χ2v) is 7.52. The third kappa shape index (κ3) is 3.34. The third-order valence-corrected chi connectivity index (χ3v) is 5.13. The van der Waals surface area contributed by atoms with Crippen molar-refractivity contribution in [1.29, 1.82) is 0 Å². The molecule has 1 fully saturated rings. The van der Waals surface area contributed by atoms with E-state index >= 15 is 0 Å². The molecule has 0 bridgehead atoms. The molecule has 1 aliphatic carbocycles. The van der Waals surface area contributed by atoms with E-state index in [0.717, 1.165) is 11.1 Å². The fraction of sp³-hybridized carbons (Fsp3) is 0.550. The number of aliphatic hydroxyl groups is 1. The van der Waals surface area contributed by atoms with Crippen LogP contribution in [0.1, 0.15) is 64.0 Å². The molecular weight excluding hydrogens is 304 g/mol. The topological polar surface area (TPSA) is 71.4 Å². The summed E-state index contributed by atoms with van der Waals surface area (Å²) in [7, 11) is 0. The largest absolute Gasteiger partial charge is 0.389 e. The molecule has 1 saturated carbocycles. The molecule has 1 aromatic carbocycles. The minimum absolute atomic E-state index is 0.165. The Balaban J connectivity index is 2.58. The van der Waals surface area contributed by atoms with Gasteiger partial charge in [0, 0.05) is 12.3 Å². The average Bonchev–Trinajstić information content (AvgIpc) is 2.44. The molecule has 0 aromatic heterocycles. The number of ketones is 3. The molecule has 0 amide bonds. The third-order valence-electron chi connectivity index (χ3n) is 5.13. The number of benzene rings is 1. The Bertz CT molecular complexity index is 655. The summed E-state index contributed by atoms with van der Waals surface area (Å²) in [6.07, 6.45) is -0.165. The van der Waals surface area contributed by atoms with Crippen LogP contribution in [0.2, 0.25) is 0 Å². The number of hydrogen-bond donors (Lipinski definition) is 1. The van der Waals surface area contributed by atoms with Crippen LogP contribution in [0.4, 0.5) is 0 Å². The van der Waals surface area contributed by atoms with Gasteiger partial charge < -0.3 is 5.11 Å². The van der Waals surface area contributed by atoms with Gasteiger partial charge in [0.2, 0.25) is 0 Å². The Hall–Kier alpha value is -1.81. The van der Waals surface area contributed by atoms with Crippen LogP contribution >= 0.6 is 0 Å². The minimum atomic E-state index is -1.43. The fourth-order valence-electron chi connectivity index (χ4n) is 4.01. The molecule has 0 unspecified atom stereocenters. The second-order valence-electron chi connectivity index (χ2n) is 7.52. The lowest BCUT2D eigenvalue weighted by Crippen LogP contribution is -2.53. The molecule has 1 aromatic rings. The summed E-state index contributed by atoms with van der Waals surface area (Å²) < 4.78 is 0. The highest BCUT2D eigenvalue weighted by Gasteiger charge is 2.53. The van der Waals surface area contributed by atoms with Crippen LogP contribution in [0.15, 0.2) is 24.3 Å². The highest BCUT2D eigenvalue weighted by atomic mass is 16.3. The first-order valence-corrected chi connectivity index (χ1v) is 8.42. The van der Waals surface area contributed by atoms with Gasteiger partial charge in [-0.15, -0.1) is 0 Å². The molecule has 0 radical (unpaired) electrons. The van der Waals surface area contributed by atoms with E-state index in [4.69, 9.17) is 0 Å². The maximum Gasteiger partial charge on any atom is 0.146 e. The molecule has 0 saturated heterocycles. The van der Waals surface area contributed by atoms with E-state index in [9.17, 15) is 19.5 Å². The first kappa shape index (κ1) is 18.5. The molecule has 0 spiro atoms. The Morgan fingerprint density at radius 1 is 1.12 bits per heavy atom. The minimum Gasteiger partial charge on any atom is -0.389 e. The van der Waals surface area contributed by atoms with E-state index < -0.39 is 23.4 Å². The fourth-order valence-corrected chi connectivity index (χ4v) is 4.01. The SMILES string of the molecule is CC(=O)[C@@H]1C(=O)C[C@](C)(O)[C@H](C(C)=O)[C@@H]1c1ccc(C(C)C)cc1. The van der Waals surface area contributed by atoms with E-state index in [1.807, 2.05) is 24.3 Å². The summed E-state index contributed by atoms with van der Waals surface area (Å²) >= 11 is 0. The van der Waals surface area contributed by atoms with Crippen molar-refractivity contribution >= 4 is 17.3 Å². The summed E-state index contributed by atoms with van der Waals surface area (Å²) in [5, 5.41) is 10.7. The molecule has 4 nitrogen and oxygen atoms in total. The lowest BCUT2D eigenvalue weighted by molar-refractivity contribution is -0.151. The summed E-state index contributed by atoms with van der Waals surface area (Å²) in [4.78, 5) is 36.9. The number of carbonyl (C=O) groups is 3. The van der Waals surface area contributed by atoms with Gasteiger partial charge in [-0.05, 0) is 37.8 Å². The van der Waals surface area contributed by atoms with E-state index in [1.165, 1.54) is 20.8 Å². The lowest BCUT2D eigenvalue weighted by Gasteiger charge is -2.44. The van der Waals surface area contributed by atoms with Gasteiger partial charge in [0.25, 0.3) is 0 Å². The molecule has 1 aliphatic rings. The van der Waals surface area contributed by atoms with Crippen molar-refractivity contribution in [3.8, 4) is 0 Å². The smallest absolute Gasteiger partial charge is 0.146 e. The van der Waals surface area contributed by atoms with Gasteiger partial charge >= 0.3 is 0 Å². The summed E-state index contributed by atoms with van der Waals surface area (Å²) in [6.45, 7) is 8.49. The van der Waals surface area contributed by atoms with Crippen molar-refractivity contribution in [3.63, 3.8) is 0 Å². The average molecular weight is 330 g/mol. The lowest BCUT2D eigenvalue weighted by atomic mass is 9.60. The van der Waals surface area contributed by atoms with Crippen LogP contribution in [0.3, 0.4) is 0 Å². The number of hydrogen-bond acceptors (Lipinski definition) is 4. The standard InChI is InChI=1S/C20H26O4/c1-11(2)14-6-8-15(9-7-14)18-17(12(3)21)16(23)10-20(5,24)19(18)13(4)22/h6-9,11,17-19,24H,10H2,1-5H3/t17-,18-,19-,20+/m1/s1. The highest BCUT2D eigenvalue weighted by molar-refractivity contribution is 6.05. The predicted octanol–water partition coefficient (Wildman–Crippen LogP) is 3.03. The van der Waals surface area contributed by atoms with Crippen LogP contribution in [0, 0.1) is 11.8 Å². The zero-order valence-corrected chi connectivity index (χ0v) is 15.0. The maximum absolute atomic E-state index is 12.5. The van der Waals surface area contributed by atoms with Crippen LogP contribution in [-0.2, 0) is 14.4 Å².